The summed E-state index contributed by atoms with van der Waals surface area (Å²) in [5.74, 6) is -3.14. The summed E-state index contributed by atoms with van der Waals surface area (Å²) in [6.45, 7) is 5.58. The molecule has 1 aromatic carbocycles. The zero-order valence-corrected chi connectivity index (χ0v) is 25.8. The smallest absolute Gasteiger partial charge is 0.282 e. The first-order valence-electron chi connectivity index (χ1n) is 15.2. The Bertz CT molecular complexity index is 1670. The van der Waals surface area contributed by atoms with Gasteiger partial charge in [0.25, 0.3) is 23.3 Å². The van der Waals surface area contributed by atoms with Crippen molar-refractivity contribution in [2.45, 2.75) is 76.9 Å². The number of pyridine rings is 2. The van der Waals surface area contributed by atoms with Crippen LogP contribution in [0, 0.1) is 5.92 Å². The number of anilines is 1. The summed E-state index contributed by atoms with van der Waals surface area (Å²) < 4.78 is 28.8. The third-order valence-corrected chi connectivity index (χ3v) is 8.88. The summed E-state index contributed by atoms with van der Waals surface area (Å²) in [6, 6.07) is 10.3. The number of carbonyl (C=O) groups is 2. The monoisotopic (exact) mass is 623 g/mol. The highest BCUT2D eigenvalue weighted by molar-refractivity contribution is 6.31. The van der Waals surface area contributed by atoms with Crippen molar-refractivity contribution in [2.75, 3.05) is 18.4 Å². The Labute approximate surface area is 259 Å². The number of carbonyl (C=O) groups excluding carboxylic acids is 2. The van der Waals surface area contributed by atoms with Gasteiger partial charge in [0, 0.05) is 47.0 Å². The molecule has 2 saturated carbocycles. The van der Waals surface area contributed by atoms with E-state index in [4.69, 9.17) is 11.6 Å². The predicted molar refractivity (Wildman–Crippen MR) is 166 cm³/mol. The first-order chi connectivity index (χ1) is 20.9. The van der Waals surface area contributed by atoms with E-state index in [0.717, 1.165) is 41.8 Å². The molecule has 11 heteroatoms. The average molecular weight is 624 g/mol. The maximum atomic E-state index is 13.7. The van der Waals surface area contributed by atoms with Crippen molar-refractivity contribution in [3.8, 4) is 11.1 Å². The van der Waals surface area contributed by atoms with Gasteiger partial charge in [0.2, 0.25) is 0 Å². The third-order valence-electron chi connectivity index (χ3n) is 8.65. The lowest BCUT2D eigenvalue weighted by molar-refractivity contribution is -0.113. The Kier molecular flexibility index (Phi) is 8.09. The van der Waals surface area contributed by atoms with Gasteiger partial charge in [-0.3, -0.25) is 14.4 Å². The maximum Gasteiger partial charge on any atom is 0.282 e. The van der Waals surface area contributed by atoms with Crippen LogP contribution in [-0.4, -0.2) is 51.3 Å². The fraction of sp³-hybridized carbons (Fsp3) is 0.455. The molecule has 2 aromatic heterocycles. The Morgan fingerprint density at radius 2 is 1.77 bits per heavy atom. The summed E-state index contributed by atoms with van der Waals surface area (Å²) >= 11 is 6.23. The number of amides is 2. The number of rotatable bonds is 10. The molecule has 2 N–H and O–H groups in total. The average Bonchev–Trinajstić information content (AvgIpc) is 3.88. The summed E-state index contributed by atoms with van der Waals surface area (Å²) in [5.41, 5.74) is 2.57. The van der Waals surface area contributed by atoms with Gasteiger partial charge in [-0.2, -0.15) is 0 Å². The zero-order valence-electron chi connectivity index (χ0n) is 25.0. The number of nitrogens with zero attached hydrogens (tertiary/aromatic N) is 3. The van der Waals surface area contributed by atoms with Crippen molar-refractivity contribution in [2.24, 2.45) is 5.92 Å². The van der Waals surface area contributed by atoms with Crippen LogP contribution in [0.2, 0.25) is 5.02 Å². The van der Waals surface area contributed by atoms with Crippen molar-refractivity contribution in [1.82, 2.24) is 19.8 Å². The molecule has 232 valence electrons. The molecule has 0 radical (unpaired) electrons. The molecule has 44 heavy (non-hydrogen) atoms. The molecule has 0 bridgehead atoms. The lowest BCUT2D eigenvalue weighted by Gasteiger charge is -2.39. The largest absolute Gasteiger partial charge is 0.326 e. The molecule has 0 spiro atoms. The minimum absolute atomic E-state index is 0.0367. The first kappa shape index (κ1) is 30.4. The lowest BCUT2D eigenvalue weighted by Crippen LogP contribution is -2.58. The molecule has 2 aliphatic carbocycles. The molecule has 6 rings (SSSR count). The molecule has 0 unspecified atom stereocenters. The van der Waals surface area contributed by atoms with Crippen molar-refractivity contribution in [3.63, 3.8) is 0 Å². The standard InChI is InChI=1S/C33H36ClF2N5O3/c1-18(2)19(3)37-14-20-10-27(32(44)41(15-20)24-7-8-24)30(42)39-29-12-22(11-28(38-29)21-4-5-21)25-9-6-23(34)13-26(25)31(43)40-16-33(35,36)17-40/h6,9-13,15,18-19,21,24,37H,4-5,7-8,14,16-17H2,1-3H3,(H,38,39,42)/t19-/m0/s1. The summed E-state index contributed by atoms with van der Waals surface area (Å²) in [7, 11) is 0. The van der Waals surface area contributed by atoms with E-state index < -0.39 is 30.8 Å². The normalized spacial score (nSPS) is 18.2. The number of nitrogens with one attached hydrogen (secondary N) is 2. The number of likely N-dealkylation sites (tertiary alicyclic amines) is 1. The second-order valence-electron chi connectivity index (χ2n) is 12.7. The Balaban J connectivity index is 1.32. The molecule has 1 aliphatic heterocycles. The second kappa shape index (κ2) is 11.7. The topological polar surface area (TPSA) is 96.3 Å². The number of hydrogen-bond acceptors (Lipinski definition) is 5. The van der Waals surface area contributed by atoms with E-state index in [1.807, 2.05) is 12.3 Å². The molecule has 3 aliphatic rings. The minimum atomic E-state index is -2.90. The molecule has 3 heterocycles. The van der Waals surface area contributed by atoms with Crippen molar-refractivity contribution < 1.29 is 18.4 Å². The van der Waals surface area contributed by atoms with E-state index in [1.165, 1.54) is 6.07 Å². The predicted octanol–water partition coefficient (Wildman–Crippen LogP) is 6.25. The van der Waals surface area contributed by atoms with Gasteiger partial charge < -0.3 is 20.1 Å². The highest BCUT2D eigenvalue weighted by Crippen LogP contribution is 2.42. The highest BCUT2D eigenvalue weighted by Gasteiger charge is 2.46. The van der Waals surface area contributed by atoms with Gasteiger partial charge >= 0.3 is 0 Å². The Morgan fingerprint density at radius 1 is 1.05 bits per heavy atom. The van der Waals surface area contributed by atoms with E-state index in [-0.39, 0.29) is 40.5 Å². The maximum absolute atomic E-state index is 13.7. The number of aromatic nitrogens is 2. The molecule has 1 saturated heterocycles. The van der Waals surface area contributed by atoms with Crippen LogP contribution >= 0.6 is 11.6 Å². The van der Waals surface area contributed by atoms with Gasteiger partial charge in [-0.15, -0.1) is 0 Å². The second-order valence-corrected chi connectivity index (χ2v) is 13.2. The summed E-state index contributed by atoms with van der Waals surface area (Å²) in [4.78, 5) is 46.1. The molecular weight excluding hydrogens is 588 g/mol. The van der Waals surface area contributed by atoms with Crippen LogP contribution in [0.5, 0.6) is 0 Å². The quantitative estimate of drug-likeness (QED) is 0.278. The number of halogens is 3. The van der Waals surface area contributed by atoms with E-state index in [1.54, 1.807) is 28.8 Å². The lowest BCUT2D eigenvalue weighted by atomic mass is 9.96. The van der Waals surface area contributed by atoms with E-state index in [2.05, 4.69) is 36.4 Å². The summed E-state index contributed by atoms with van der Waals surface area (Å²) in [5, 5.41) is 6.62. The van der Waals surface area contributed by atoms with Gasteiger partial charge in [0.15, 0.2) is 0 Å². The van der Waals surface area contributed by atoms with Gasteiger partial charge in [-0.25, -0.2) is 13.8 Å². The van der Waals surface area contributed by atoms with Crippen LogP contribution in [0.25, 0.3) is 11.1 Å². The molecule has 1 atom stereocenters. The molecule has 3 fully saturated rings. The van der Waals surface area contributed by atoms with E-state index >= 15 is 0 Å². The van der Waals surface area contributed by atoms with Crippen LogP contribution in [-0.2, 0) is 6.54 Å². The van der Waals surface area contributed by atoms with Gasteiger partial charge in [-0.1, -0.05) is 31.5 Å². The van der Waals surface area contributed by atoms with Crippen molar-refractivity contribution in [1.29, 1.82) is 0 Å². The molecule has 3 aromatic rings. The van der Waals surface area contributed by atoms with Crippen LogP contribution in [0.1, 0.15) is 90.4 Å². The van der Waals surface area contributed by atoms with Crippen LogP contribution in [0.4, 0.5) is 14.6 Å². The van der Waals surface area contributed by atoms with E-state index in [9.17, 15) is 23.2 Å². The van der Waals surface area contributed by atoms with Crippen LogP contribution in [0.15, 0.2) is 47.4 Å². The van der Waals surface area contributed by atoms with Gasteiger partial charge in [0.05, 0.1) is 13.1 Å². The fourth-order valence-corrected chi connectivity index (χ4v) is 5.55. The molecular formula is C33H36ClF2N5O3. The number of hydrogen-bond donors (Lipinski definition) is 2. The van der Waals surface area contributed by atoms with Crippen molar-refractivity contribution in [3.05, 3.63) is 80.4 Å². The van der Waals surface area contributed by atoms with Crippen molar-refractivity contribution >= 4 is 29.2 Å². The highest BCUT2D eigenvalue weighted by atomic mass is 35.5. The summed E-state index contributed by atoms with van der Waals surface area (Å²) in [6.07, 6.45) is 5.51. The Morgan fingerprint density at radius 3 is 2.41 bits per heavy atom. The van der Waals surface area contributed by atoms with Crippen LogP contribution < -0.4 is 16.2 Å². The van der Waals surface area contributed by atoms with Gasteiger partial charge in [-0.05, 0) is 85.5 Å². The SMILES string of the molecule is CC(C)[C@H](C)NCc1cc(C(=O)Nc2cc(-c3ccc(Cl)cc3C(=O)N3CC(F)(F)C3)cc(C3CC3)n2)c(=O)n(C2CC2)c1. The third kappa shape index (κ3) is 6.56. The molecule has 2 amide bonds. The fourth-order valence-electron chi connectivity index (χ4n) is 5.37. The number of alkyl halides is 2. The van der Waals surface area contributed by atoms with Gasteiger partial charge in [0.1, 0.15) is 11.4 Å². The Hall–Kier alpha value is -3.63. The zero-order chi connectivity index (χ0) is 31.3. The first-order valence-corrected chi connectivity index (χ1v) is 15.5. The number of benzene rings is 1. The van der Waals surface area contributed by atoms with E-state index in [0.29, 0.717) is 28.6 Å². The molecule has 8 nitrogen and oxygen atoms in total. The minimum Gasteiger partial charge on any atom is -0.326 e. The van der Waals surface area contributed by atoms with Crippen LogP contribution in [0.3, 0.4) is 0 Å².